The van der Waals surface area contributed by atoms with Crippen LogP contribution < -0.4 is 5.56 Å². The Labute approximate surface area is 163 Å². The van der Waals surface area contributed by atoms with E-state index in [1.165, 1.54) is 4.90 Å². The molecule has 2 nitrogen and oxygen atoms in total. The second kappa shape index (κ2) is 7.45. The molecule has 134 valence electrons. The van der Waals surface area contributed by atoms with E-state index in [1.54, 1.807) is 11.8 Å². The summed E-state index contributed by atoms with van der Waals surface area (Å²) in [5.41, 5.74) is 4.03. The third-order valence-corrected chi connectivity index (χ3v) is 5.64. The summed E-state index contributed by atoms with van der Waals surface area (Å²) in [6.07, 6.45) is 2.87. The molecule has 1 aromatic heterocycles. The van der Waals surface area contributed by atoms with Crippen LogP contribution in [0.3, 0.4) is 0 Å². The van der Waals surface area contributed by atoms with Gasteiger partial charge in [0, 0.05) is 16.3 Å². The van der Waals surface area contributed by atoms with Gasteiger partial charge in [-0.3, -0.25) is 9.36 Å². The minimum Gasteiger partial charge on any atom is -0.281 e. The van der Waals surface area contributed by atoms with E-state index in [0.29, 0.717) is 0 Å². The molecule has 0 aliphatic rings. The number of fused-ring (bicyclic) bond motifs is 1. The Morgan fingerprint density at radius 1 is 0.889 bits per heavy atom. The summed E-state index contributed by atoms with van der Waals surface area (Å²) in [7, 11) is 0. The van der Waals surface area contributed by atoms with Crippen molar-refractivity contribution in [1.82, 2.24) is 4.57 Å². The van der Waals surface area contributed by atoms with Crippen LogP contribution in [0, 0.1) is 0 Å². The molecule has 0 saturated carbocycles. The molecule has 0 atom stereocenters. The topological polar surface area (TPSA) is 22.0 Å². The smallest absolute Gasteiger partial charge is 0.263 e. The third kappa shape index (κ3) is 3.19. The van der Waals surface area contributed by atoms with Gasteiger partial charge in [0.25, 0.3) is 5.56 Å². The van der Waals surface area contributed by atoms with E-state index in [1.807, 2.05) is 53.1 Å². The molecule has 0 N–H and O–H groups in total. The van der Waals surface area contributed by atoms with Crippen LogP contribution in [0.5, 0.6) is 0 Å². The highest BCUT2D eigenvalue weighted by molar-refractivity contribution is 7.98. The molecule has 3 heteroatoms. The first-order chi connectivity index (χ1) is 13.2. The predicted molar refractivity (Wildman–Crippen MR) is 116 cm³/mol. The van der Waals surface area contributed by atoms with Crippen LogP contribution in [0.2, 0.25) is 0 Å². The van der Waals surface area contributed by atoms with Gasteiger partial charge < -0.3 is 0 Å². The fourth-order valence-corrected chi connectivity index (χ4v) is 3.96. The summed E-state index contributed by atoms with van der Waals surface area (Å²) in [5, 5.41) is 1.77. The fourth-order valence-electron chi connectivity index (χ4n) is 3.55. The first-order valence-electron chi connectivity index (χ1n) is 9.10. The lowest BCUT2D eigenvalue weighted by Gasteiger charge is -2.15. The number of aromatic nitrogens is 1. The van der Waals surface area contributed by atoms with E-state index in [-0.39, 0.29) is 5.56 Å². The van der Waals surface area contributed by atoms with E-state index in [0.717, 1.165) is 39.7 Å². The van der Waals surface area contributed by atoms with Gasteiger partial charge >= 0.3 is 0 Å². The maximum Gasteiger partial charge on any atom is 0.263 e. The predicted octanol–water partition coefficient (Wildman–Crippen LogP) is 5.94. The lowest BCUT2D eigenvalue weighted by atomic mass is 9.98. The normalized spacial score (nSPS) is 11.0. The Morgan fingerprint density at radius 3 is 2.30 bits per heavy atom. The number of aryl methyl sites for hydroxylation is 1. The summed E-state index contributed by atoms with van der Waals surface area (Å²) in [4.78, 5) is 14.8. The van der Waals surface area contributed by atoms with Gasteiger partial charge in [-0.1, -0.05) is 55.5 Å². The van der Waals surface area contributed by atoms with Gasteiger partial charge in [0.15, 0.2) is 0 Å². The minimum absolute atomic E-state index is 0.0418. The average Bonchev–Trinajstić information content (AvgIpc) is 2.73. The Balaban J connectivity index is 2.03. The number of hydrogen-bond donors (Lipinski definition) is 0. The molecule has 3 aromatic carbocycles. The molecule has 0 bridgehead atoms. The zero-order chi connectivity index (χ0) is 18.8. The Morgan fingerprint density at radius 2 is 1.63 bits per heavy atom. The largest absolute Gasteiger partial charge is 0.281 e. The number of nitrogens with zero attached hydrogens (tertiary/aromatic N) is 1. The lowest BCUT2D eigenvalue weighted by molar-refractivity contribution is 0.889. The van der Waals surface area contributed by atoms with Crippen molar-refractivity contribution in [2.75, 3.05) is 6.26 Å². The fraction of sp³-hybridized carbons (Fsp3) is 0.125. The van der Waals surface area contributed by atoms with Gasteiger partial charge in [-0.15, -0.1) is 11.8 Å². The van der Waals surface area contributed by atoms with Crippen molar-refractivity contribution < 1.29 is 0 Å². The number of pyridine rings is 1. The van der Waals surface area contributed by atoms with E-state index in [9.17, 15) is 4.79 Å². The van der Waals surface area contributed by atoms with E-state index < -0.39 is 0 Å². The molecular weight excluding hydrogens is 350 g/mol. The maximum atomic E-state index is 13.6. The molecule has 4 aromatic rings. The highest BCUT2D eigenvalue weighted by atomic mass is 32.2. The maximum absolute atomic E-state index is 13.6. The summed E-state index contributed by atoms with van der Waals surface area (Å²) < 4.78 is 1.85. The molecule has 0 radical (unpaired) electrons. The molecule has 0 aliphatic heterocycles. The van der Waals surface area contributed by atoms with Gasteiger partial charge in [-0.25, -0.2) is 0 Å². The quantitative estimate of drug-likeness (QED) is 0.414. The Bertz CT molecular complexity index is 1140. The molecule has 0 fully saturated rings. The second-order valence-electron chi connectivity index (χ2n) is 6.46. The molecule has 0 aliphatic carbocycles. The standard InChI is InChI=1S/C24H21NOS/c1-3-19-16-18-8-7-11-22(17-12-14-21(27-2)15-13-17)23(18)24(26)25(19)20-9-5-4-6-10-20/h4-16H,3H2,1-2H3. The molecule has 0 spiro atoms. The number of rotatable bonds is 4. The van der Waals surface area contributed by atoms with Gasteiger partial charge in [0.1, 0.15) is 0 Å². The highest BCUT2D eigenvalue weighted by Crippen LogP contribution is 2.29. The van der Waals surface area contributed by atoms with Crippen molar-refractivity contribution in [3.05, 3.63) is 94.9 Å². The zero-order valence-corrected chi connectivity index (χ0v) is 16.3. The van der Waals surface area contributed by atoms with Crippen molar-refractivity contribution in [1.29, 1.82) is 0 Å². The van der Waals surface area contributed by atoms with Crippen molar-refractivity contribution in [2.45, 2.75) is 18.2 Å². The molecule has 0 unspecified atom stereocenters. The molecule has 0 amide bonds. The average molecular weight is 372 g/mol. The van der Waals surface area contributed by atoms with Crippen molar-refractivity contribution in [3.8, 4) is 16.8 Å². The number of para-hydroxylation sites is 1. The van der Waals surface area contributed by atoms with Crippen LogP contribution >= 0.6 is 11.8 Å². The van der Waals surface area contributed by atoms with Crippen LogP contribution in [0.15, 0.2) is 88.6 Å². The minimum atomic E-state index is 0.0418. The highest BCUT2D eigenvalue weighted by Gasteiger charge is 2.14. The SMILES string of the molecule is CCc1cc2cccc(-c3ccc(SC)cc3)c2c(=O)n1-c1ccccc1. The molecule has 4 rings (SSSR count). The van der Waals surface area contributed by atoms with Crippen LogP contribution in [-0.4, -0.2) is 10.8 Å². The molecule has 1 heterocycles. The summed E-state index contributed by atoms with van der Waals surface area (Å²) >= 11 is 1.72. The summed E-state index contributed by atoms with van der Waals surface area (Å²) in [5.74, 6) is 0. The van der Waals surface area contributed by atoms with Crippen molar-refractivity contribution >= 4 is 22.5 Å². The Kier molecular flexibility index (Phi) is 4.87. The Hall–Kier alpha value is -2.78. The van der Waals surface area contributed by atoms with Crippen molar-refractivity contribution in [2.24, 2.45) is 0 Å². The summed E-state index contributed by atoms with van der Waals surface area (Å²) in [6.45, 7) is 2.09. The van der Waals surface area contributed by atoms with Gasteiger partial charge in [-0.05, 0) is 59.5 Å². The van der Waals surface area contributed by atoms with Gasteiger partial charge in [-0.2, -0.15) is 0 Å². The zero-order valence-electron chi connectivity index (χ0n) is 15.5. The van der Waals surface area contributed by atoms with Crippen LogP contribution in [0.1, 0.15) is 12.6 Å². The van der Waals surface area contributed by atoms with Gasteiger partial charge in [0.2, 0.25) is 0 Å². The van der Waals surface area contributed by atoms with Crippen LogP contribution in [0.25, 0.3) is 27.6 Å². The van der Waals surface area contributed by atoms with Crippen molar-refractivity contribution in [3.63, 3.8) is 0 Å². The third-order valence-electron chi connectivity index (χ3n) is 4.90. The monoisotopic (exact) mass is 371 g/mol. The summed E-state index contributed by atoms with van der Waals surface area (Å²) in [6, 6.07) is 26.5. The van der Waals surface area contributed by atoms with Crippen LogP contribution in [-0.2, 0) is 6.42 Å². The molecule has 0 saturated heterocycles. The number of benzene rings is 3. The first kappa shape index (κ1) is 17.6. The number of hydrogen-bond acceptors (Lipinski definition) is 2. The van der Waals surface area contributed by atoms with Crippen LogP contribution in [0.4, 0.5) is 0 Å². The second-order valence-corrected chi connectivity index (χ2v) is 7.34. The van der Waals surface area contributed by atoms with E-state index >= 15 is 0 Å². The number of thioether (sulfide) groups is 1. The molecular formula is C24H21NOS. The van der Waals surface area contributed by atoms with E-state index in [4.69, 9.17) is 0 Å². The lowest BCUT2D eigenvalue weighted by Crippen LogP contribution is -2.22. The van der Waals surface area contributed by atoms with Gasteiger partial charge in [0.05, 0.1) is 5.39 Å². The molecule has 27 heavy (non-hydrogen) atoms. The van der Waals surface area contributed by atoms with E-state index in [2.05, 4.69) is 43.5 Å². The first-order valence-corrected chi connectivity index (χ1v) is 10.3.